The number of rotatable bonds is 3. The molecule has 2 N–H and O–H groups in total. The van der Waals surface area contributed by atoms with Gasteiger partial charge in [0.1, 0.15) is 0 Å². The van der Waals surface area contributed by atoms with Gasteiger partial charge in [0.25, 0.3) is 0 Å². The summed E-state index contributed by atoms with van der Waals surface area (Å²) in [5, 5.41) is 6.60. The predicted molar refractivity (Wildman–Crippen MR) is 85.4 cm³/mol. The van der Waals surface area contributed by atoms with Crippen molar-refractivity contribution in [1.82, 2.24) is 0 Å². The first-order chi connectivity index (χ1) is 10.3. The van der Waals surface area contributed by atoms with Gasteiger partial charge >= 0.3 is 0 Å². The second kappa shape index (κ2) is 5.36. The van der Waals surface area contributed by atoms with Gasteiger partial charge in [0.2, 0.25) is 5.91 Å². The molecule has 0 spiro atoms. The number of aryl methyl sites for hydroxylation is 1. The molecule has 3 nitrogen and oxygen atoms in total. The van der Waals surface area contributed by atoms with Crippen LogP contribution in [-0.4, -0.2) is 12.5 Å². The summed E-state index contributed by atoms with van der Waals surface area (Å²) in [4.78, 5) is 12.4. The highest BCUT2D eigenvalue weighted by Crippen LogP contribution is 2.49. The van der Waals surface area contributed by atoms with E-state index in [9.17, 15) is 4.79 Å². The van der Waals surface area contributed by atoms with Crippen LogP contribution in [-0.2, 0) is 11.2 Å². The third kappa shape index (κ3) is 2.54. The molecule has 2 bridgehead atoms. The van der Waals surface area contributed by atoms with Crippen LogP contribution in [0.4, 0.5) is 11.4 Å². The first-order valence-corrected chi connectivity index (χ1v) is 8.45. The van der Waals surface area contributed by atoms with Crippen LogP contribution in [0.1, 0.15) is 44.1 Å². The number of carbonyl (C=O) groups is 1. The van der Waals surface area contributed by atoms with Crippen molar-refractivity contribution in [3.63, 3.8) is 0 Å². The Labute approximate surface area is 126 Å². The van der Waals surface area contributed by atoms with E-state index in [1.807, 2.05) is 6.07 Å². The molecule has 1 amide bonds. The van der Waals surface area contributed by atoms with Crippen molar-refractivity contribution in [2.24, 2.45) is 17.8 Å². The van der Waals surface area contributed by atoms with Crippen molar-refractivity contribution >= 4 is 17.3 Å². The van der Waals surface area contributed by atoms with Gasteiger partial charge in [-0.1, -0.05) is 18.6 Å². The topological polar surface area (TPSA) is 41.1 Å². The molecular formula is C18H24N2O. The van der Waals surface area contributed by atoms with Gasteiger partial charge in [0.15, 0.2) is 0 Å². The lowest BCUT2D eigenvalue weighted by molar-refractivity contribution is -0.117. The summed E-state index contributed by atoms with van der Waals surface area (Å²) in [6.45, 7) is 1.01. The first-order valence-electron chi connectivity index (χ1n) is 8.45. The summed E-state index contributed by atoms with van der Waals surface area (Å²) < 4.78 is 0. The van der Waals surface area contributed by atoms with Gasteiger partial charge in [0.05, 0.1) is 11.4 Å². The zero-order chi connectivity index (χ0) is 14.2. The van der Waals surface area contributed by atoms with E-state index in [4.69, 9.17) is 0 Å². The molecule has 2 aliphatic carbocycles. The number of amides is 1. The van der Waals surface area contributed by atoms with E-state index in [0.717, 1.165) is 36.2 Å². The molecule has 0 saturated heterocycles. The van der Waals surface area contributed by atoms with Crippen LogP contribution >= 0.6 is 0 Å². The molecular weight excluding hydrogens is 260 g/mol. The van der Waals surface area contributed by atoms with Crippen molar-refractivity contribution in [3.8, 4) is 0 Å². The molecule has 3 aliphatic rings. The van der Waals surface area contributed by atoms with Gasteiger partial charge in [-0.3, -0.25) is 4.79 Å². The van der Waals surface area contributed by atoms with Crippen LogP contribution < -0.4 is 10.6 Å². The molecule has 0 aromatic heterocycles. The minimum Gasteiger partial charge on any atom is -0.383 e. The zero-order valence-electron chi connectivity index (χ0n) is 12.5. The van der Waals surface area contributed by atoms with Crippen molar-refractivity contribution in [2.75, 3.05) is 17.2 Å². The van der Waals surface area contributed by atoms with Gasteiger partial charge in [-0.15, -0.1) is 0 Å². The molecule has 1 aromatic carbocycles. The molecule has 2 saturated carbocycles. The predicted octanol–water partition coefficient (Wildman–Crippen LogP) is 3.81. The Bertz CT molecular complexity index is 554. The molecule has 1 heterocycles. The Hall–Kier alpha value is -1.51. The molecule has 1 aromatic rings. The number of carbonyl (C=O) groups excluding carboxylic acids is 1. The van der Waals surface area contributed by atoms with Crippen LogP contribution in [0.3, 0.4) is 0 Å². The summed E-state index contributed by atoms with van der Waals surface area (Å²) in [6.07, 6.45) is 8.41. The Morgan fingerprint density at radius 3 is 3.05 bits per heavy atom. The summed E-state index contributed by atoms with van der Waals surface area (Å²) in [5.41, 5.74) is 3.45. The fraction of sp³-hybridized carbons (Fsp3) is 0.611. The van der Waals surface area contributed by atoms with Crippen molar-refractivity contribution in [1.29, 1.82) is 0 Å². The summed E-state index contributed by atoms with van der Waals surface area (Å²) >= 11 is 0. The van der Waals surface area contributed by atoms with Gasteiger partial charge in [-0.2, -0.15) is 0 Å². The molecule has 3 heteroatoms. The van der Waals surface area contributed by atoms with Gasteiger partial charge in [0, 0.05) is 13.0 Å². The van der Waals surface area contributed by atoms with Crippen LogP contribution in [0.2, 0.25) is 0 Å². The first kappa shape index (κ1) is 13.2. The molecule has 0 radical (unpaired) electrons. The third-order valence-electron chi connectivity index (χ3n) is 5.68. The normalized spacial score (nSPS) is 29.8. The quantitative estimate of drug-likeness (QED) is 0.886. The maximum absolute atomic E-state index is 12.4. The van der Waals surface area contributed by atoms with Gasteiger partial charge in [-0.05, 0) is 61.5 Å². The SMILES string of the molecule is O=C(CC1CC2CCC1C2)Nc1cccc2c1NCCC2. The van der Waals surface area contributed by atoms with E-state index in [1.54, 1.807) is 0 Å². The van der Waals surface area contributed by atoms with E-state index in [-0.39, 0.29) is 5.91 Å². The lowest BCUT2D eigenvalue weighted by Crippen LogP contribution is -2.22. The van der Waals surface area contributed by atoms with E-state index >= 15 is 0 Å². The summed E-state index contributed by atoms with van der Waals surface area (Å²) in [5.74, 6) is 2.58. The lowest BCUT2D eigenvalue weighted by atomic mass is 9.86. The second-order valence-corrected chi connectivity index (χ2v) is 7.06. The van der Waals surface area contributed by atoms with Crippen LogP contribution in [0.15, 0.2) is 18.2 Å². The fourth-order valence-electron chi connectivity index (χ4n) is 4.68. The highest BCUT2D eigenvalue weighted by atomic mass is 16.1. The molecule has 3 unspecified atom stereocenters. The number of benzene rings is 1. The maximum atomic E-state index is 12.4. The minimum absolute atomic E-state index is 0.202. The smallest absolute Gasteiger partial charge is 0.224 e. The summed E-state index contributed by atoms with van der Waals surface area (Å²) in [7, 11) is 0. The summed E-state index contributed by atoms with van der Waals surface area (Å²) in [6, 6.07) is 6.24. The molecule has 112 valence electrons. The number of fused-ring (bicyclic) bond motifs is 3. The van der Waals surface area contributed by atoms with E-state index in [2.05, 4.69) is 22.8 Å². The minimum atomic E-state index is 0.202. The Balaban J connectivity index is 1.43. The largest absolute Gasteiger partial charge is 0.383 e. The number of para-hydroxylation sites is 1. The number of nitrogens with one attached hydrogen (secondary N) is 2. The van der Waals surface area contributed by atoms with E-state index in [0.29, 0.717) is 12.3 Å². The second-order valence-electron chi connectivity index (χ2n) is 7.06. The van der Waals surface area contributed by atoms with E-state index in [1.165, 1.54) is 37.7 Å². The number of anilines is 2. The highest BCUT2D eigenvalue weighted by Gasteiger charge is 2.40. The molecule has 3 atom stereocenters. The standard InChI is InChI=1S/C18H24N2O/c21-17(11-15-10-12-6-7-14(15)9-12)20-16-5-1-3-13-4-2-8-19-18(13)16/h1,3,5,12,14-15,19H,2,4,6-11H2,(H,20,21). The van der Waals surface area contributed by atoms with Crippen LogP contribution in [0.25, 0.3) is 0 Å². The van der Waals surface area contributed by atoms with Crippen LogP contribution in [0, 0.1) is 17.8 Å². The zero-order valence-corrected chi connectivity index (χ0v) is 12.5. The molecule has 21 heavy (non-hydrogen) atoms. The van der Waals surface area contributed by atoms with Crippen molar-refractivity contribution in [3.05, 3.63) is 23.8 Å². The Morgan fingerprint density at radius 1 is 1.29 bits per heavy atom. The molecule has 4 rings (SSSR count). The van der Waals surface area contributed by atoms with Crippen LogP contribution in [0.5, 0.6) is 0 Å². The monoisotopic (exact) mass is 284 g/mol. The Morgan fingerprint density at radius 2 is 2.24 bits per heavy atom. The van der Waals surface area contributed by atoms with Crippen molar-refractivity contribution in [2.45, 2.75) is 44.9 Å². The van der Waals surface area contributed by atoms with Crippen molar-refractivity contribution < 1.29 is 4.79 Å². The maximum Gasteiger partial charge on any atom is 0.224 e. The third-order valence-corrected chi connectivity index (χ3v) is 5.68. The average Bonchev–Trinajstić information content (AvgIpc) is 3.10. The fourth-order valence-corrected chi connectivity index (χ4v) is 4.68. The molecule has 1 aliphatic heterocycles. The average molecular weight is 284 g/mol. The highest BCUT2D eigenvalue weighted by molar-refractivity contribution is 5.95. The molecule has 2 fully saturated rings. The number of hydrogen-bond donors (Lipinski definition) is 2. The lowest BCUT2D eigenvalue weighted by Gasteiger charge is -2.23. The van der Waals surface area contributed by atoms with Gasteiger partial charge in [-0.25, -0.2) is 0 Å². The van der Waals surface area contributed by atoms with E-state index < -0.39 is 0 Å². The number of hydrogen-bond acceptors (Lipinski definition) is 2. The Kier molecular flexibility index (Phi) is 3.36. The van der Waals surface area contributed by atoms with Gasteiger partial charge < -0.3 is 10.6 Å².